The van der Waals surface area contributed by atoms with Crippen molar-refractivity contribution in [2.24, 2.45) is 5.73 Å². The van der Waals surface area contributed by atoms with Crippen LogP contribution < -0.4 is 10.5 Å². The zero-order valence-corrected chi connectivity index (χ0v) is 9.82. The highest BCUT2D eigenvalue weighted by Crippen LogP contribution is 2.21. The molecule has 0 amide bonds. The molecular formula is C13H18FNO2. The van der Waals surface area contributed by atoms with E-state index in [1.165, 1.54) is 12.1 Å². The minimum atomic E-state index is -0.252. The van der Waals surface area contributed by atoms with E-state index in [0.29, 0.717) is 25.3 Å². The summed E-state index contributed by atoms with van der Waals surface area (Å²) in [5.41, 5.74) is 6.32. The molecule has 1 aromatic carbocycles. The van der Waals surface area contributed by atoms with Gasteiger partial charge >= 0.3 is 0 Å². The first-order valence-electron chi connectivity index (χ1n) is 6.02. The van der Waals surface area contributed by atoms with Crippen molar-refractivity contribution < 1.29 is 13.9 Å². The van der Waals surface area contributed by atoms with E-state index in [9.17, 15) is 4.39 Å². The molecule has 4 heteroatoms. The Hall–Kier alpha value is -1.13. The van der Waals surface area contributed by atoms with Crippen molar-refractivity contribution in [1.82, 2.24) is 0 Å². The van der Waals surface area contributed by atoms with Gasteiger partial charge in [0.1, 0.15) is 18.2 Å². The first-order valence-corrected chi connectivity index (χ1v) is 6.02. The van der Waals surface area contributed by atoms with E-state index in [1.807, 2.05) is 0 Å². The lowest BCUT2D eigenvalue weighted by Crippen LogP contribution is -2.17. The lowest BCUT2D eigenvalue weighted by molar-refractivity contribution is 0.0676. The Morgan fingerprint density at radius 1 is 1.47 bits per heavy atom. The van der Waals surface area contributed by atoms with Crippen molar-refractivity contribution in [1.29, 1.82) is 0 Å². The molecule has 0 saturated carbocycles. The standard InChI is InChI=1S/C13H18FNO2/c14-11-3-4-13(10(8-11)5-6-15)17-9-12-2-1-7-16-12/h3-4,8,12H,1-2,5-7,9,15H2. The summed E-state index contributed by atoms with van der Waals surface area (Å²) in [6.07, 6.45) is 2.92. The van der Waals surface area contributed by atoms with Gasteiger partial charge in [-0.05, 0) is 49.6 Å². The van der Waals surface area contributed by atoms with Crippen molar-refractivity contribution >= 4 is 0 Å². The number of halogens is 1. The molecule has 2 rings (SSSR count). The molecule has 1 aliphatic heterocycles. The van der Waals surface area contributed by atoms with Gasteiger partial charge in [0.05, 0.1) is 6.10 Å². The highest BCUT2D eigenvalue weighted by molar-refractivity contribution is 5.34. The Morgan fingerprint density at radius 2 is 2.35 bits per heavy atom. The van der Waals surface area contributed by atoms with Gasteiger partial charge in [-0.25, -0.2) is 4.39 Å². The summed E-state index contributed by atoms with van der Waals surface area (Å²) in [6, 6.07) is 4.55. The predicted octanol–water partition coefficient (Wildman–Crippen LogP) is 1.88. The molecule has 1 fully saturated rings. The molecule has 1 saturated heterocycles. The van der Waals surface area contributed by atoms with E-state index < -0.39 is 0 Å². The second-order valence-corrected chi connectivity index (χ2v) is 4.24. The van der Waals surface area contributed by atoms with Crippen LogP contribution in [0.1, 0.15) is 18.4 Å². The van der Waals surface area contributed by atoms with Crippen molar-refractivity contribution in [3.63, 3.8) is 0 Å². The van der Waals surface area contributed by atoms with Crippen LogP contribution in [0.2, 0.25) is 0 Å². The van der Waals surface area contributed by atoms with Crippen LogP contribution in [0.15, 0.2) is 18.2 Å². The van der Waals surface area contributed by atoms with Crippen molar-refractivity contribution in [2.75, 3.05) is 19.8 Å². The summed E-state index contributed by atoms with van der Waals surface area (Å²) in [5.74, 6) is 0.463. The highest BCUT2D eigenvalue weighted by atomic mass is 19.1. The molecule has 0 aromatic heterocycles. The molecule has 1 heterocycles. The van der Waals surface area contributed by atoms with E-state index in [1.54, 1.807) is 6.07 Å². The van der Waals surface area contributed by atoms with Gasteiger partial charge < -0.3 is 15.2 Å². The van der Waals surface area contributed by atoms with Gasteiger partial charge in [-0.2, -0.15) is 0 Å². The topological polar surface area (TPSA) is 44.5 Å². The van der Waals surface area contributed by atoms with Gasteiger partial charge in [-0.3, -0.25) is 0 Å². The fourth-order valence-corrected chi connectivity index (χ4v) is 2.00. The second-order valence-electron chi connectivity index (χ2n) is 4.24. The fourth-order valence-electron chi connectivity index (χ4n) is 2.00. The Balaban J connectivity index is 1.98. The summed E-state index contributed by atoms with van der Waals surface area (Å²) in [6.45, 7) is 1.83. The SMILES string of the molecule is NCCc1cc(F)ccc1OCC1CCCO1. The molecule has 3 nitrogen and oxygen atoms in total. The maximum absolute atomic E-state index is 13.1. The Morgan fingerprint density at radius 3 is 3.06 bits per heavy atom. The smallest absolute Gasteiger partial charge is 0.123 e. The van der Waals surface area contributed by atoms with Crippen molar-refractivity contribution in [3.8, 4) is 5.75 Å². The van der Waals surface area contributed by atoms with Gasteiger partial charge in [0.25, 0.3) is 0 Å². The summed E-state index contributed by atoms with van der Waals surface area (Å²) < 4.78 is 24.2. The lowest BCUT2D eigenvalue weighted by atomic mass is 10.1. The van der Waals surface area contributed by atoms with Crippen LogP contribution in [0.3, 0.4) is 0 Å². The van der Waals surface area contributed by atoms with Gasteiger partial charge in [0, 0.05) is 6.61 Å². The fraction of sp³-hybridized carbons (Fsp3) is 0.538. The number of nitrogens with two attached hydrogens (primary N) is 1. The maximum atomic E-state index is 13.1. The van der Waals surface area contributed by atoms with Crippen LogP contribution in [-0.4, -0.2) is 25.9 Å². The Kier molecular flexibility index (Phi) is 4.34. The first kappa shape index (κ1) is 12.3. The number of benzene rings is 1. The van der Waals surface area contributed by atoms with Crippen LogP contribution in [0.25, 0.3) is 0 Å². The Labute approximate surface area is 101 Å². The molecule has 0 spiro atoms. The molecular weight excluding hydrogens is 221 g/mol. The average Bonchev–Trinajstić information content (AvgIpc) is 2.81. The lowest BCUT2D eigenvalue weighted by Gasteiger charge is -2.14. The molecule has 1 aliphatic rings. The van der Waals surface area contributed by atoms with Crippen LogP contribution in [0, 0.1) is 5.82 Å². The second kappa shape index (κ2) is 5.98. The number of hydrogen-bond donors (Lipinski definition) is 1. The molecule has 1 aromatic rings. The minimum absolute atomic E-state index is 0.172. The largest absolute Gasteiger partial charge is 0.491 e. The van der Waals surface area contributed by atoms with Gasteiger partial charge in [-0.15, -0.1) is 0 Å². The van der Waals surface area contributed by atoms with Gasteiger partial charge in [0.2, 0.25) is 0 Å². The number of rotatable bonds is 5. The molecule has 1 unspecified atom stereocenters. The van der Waals surface area contributed by atoms with Crippen LogP contribution in [0.4, 0.5) is 4.39 Å². The zero-order chi connectivity index (χ0) is 12.1. The number of ether oxygens (including phenoxy) is 2. The van der Waals surface area contributed by atoms with Gasteiger partial charge in [0.15, 0.2) is 0 Å². The average molecular weight is 239 g/mol. The quantitative estimate of drug-likeness (QED) is 0.853. The normalized spacial score (nSPS) is 19.5. The van der Waals surface area contributed by atoms with Crippen LogP contribution >= 0.6 is 0 Å². The van der Waals surface area contributed by atoms with E-state index in [-0.39, 0.29) is 11.9 Å². The highest BCUT2D eigenvalue weighted by Gasteiger charge is 2.16. The molecule has 1 atom stereocenters. The zero-order valence-electron chi connectivity index (χ0n) is 9.82. The number of hydrogen-bond acceptors (Lipinski definition) is 3. The van der Waals surface area contributed by atoms with Crippen molar-refractivity contribution in [2.45, 2.75) is 25.4 Å². The van der Waals surface area contributed by atoms with E-state index >= 15 is 0 Å². The summed E-state index contributed by atoms with van der Waals surface area (Å²) in [5, 5.41) is 0. The van der Waals surface area contributed by atoms with Crippen LogP contribution in [0.5, 0.6) is 5.75 Å². The Bertz CT molecular complexity index is 364. The van der Waals surface area contributed by atoms with E-state index in [2.05, 4.69) is 0 Å². The summed E-state index contributed by atoms with van der Waals surface area (Å²) in [7, 11) is 0. The third-order valence-electron chi connectivity index (χ3n) is 2.88. The molecule has 0 radical (unpaired) electrons. The molecule has 0 bridgehead atoms. The van der Waals surface area contributed by atoms with E-state index in [4.69, 9.17) is 15.2 Å². The predicted molar refractivity (Wildman–Crippen MR) is 63.6 cm³/mol. The summed E-state index contributed by atoms with van der Waals surface area (Å²) in [4.78, 5) is 0. The van der Waals surface area contributed by atoms with Crippen molar-refractivity contribution in [3.05, 3.63) is 29.6 Å². The van der Waals surface area contributed by atoms with E-state index in [0.717, 1.165) is 25.0 Å². The minimum Gasteiger partial charge on any atom is -0.491 e. The molecule has 2 N–H and O–H groups in total. The maximum Gasteiger partial charge on any atom is 0.123 e. The molecule has 0 aliphatic carbocycles. The third kappa shape index (κ3) is 3.41. The molecule has 17 heavy (non-hydrogen) atoms. The third-order valence-corrected chi connectivity index (χ3v) is 2.88. The first-order chi connectivity index (χ1) is 8.29. The molecule has 94 valence electrons. The monoisotopic (exact) mass is 239 g/mol. The van der Waals surface area contributed by atoms with Gasteiger partial charge in [-0.1, -0.05) is 0 Å². The van der Waals surface area contributed by atoms with Crippen LogP contribution in [-0.2, 0) is 11.2 Å². The summed E-state index contributed by atoms with van der Waals surface area (Å²) >= 11 is 0.